The van der Waals surface area contributed by atoms with Crippen molar-refractivity contribution in [1.82, 2.24) is 9.80 Å². The molecular formula is C15H24N2O4. The number of carboxylic acid groups (broad SMARTS) is 1. The molecule has 2 heterocycles. The van der Waals surface area contributed by atoms with Crippen LogP contribution in [0.15, 0.2) is 0 Å². The van der Waals surface area contributed by atoms with Crippen molar-refractivity contribution in [2.45, 2.75) is 51.5 Å². The lowest BCUT2D eigenvalue weighted by Crippen LogP contribution is -2.59. The Labute approximate surface area is 125 Å². The fraction of sp³-hybridized carbons (Fsp3) is 0.800. The minimum Gasteiger partial charge on any atom is -0.480 e. The highest BCUT2D eigenvalue weighted by Crippen LogP contribution is 2.31. The fourth-order valence-electron chi connectivity index (χ4n) is 3.36. The lowest BCUT2D eigenvalue weighted by atomic mass is 9.85. The summed E-state index contributed by atoms with van der Waals surface area (Å²) >= 11 is 0. The number of rotatable bonds is 2. The van der Waals surface area contributed by atoms with Crippen molar-refractivity contribution < 1.29 is 19.5 Å². The molecule has 0 aromatic heterocycles. The lowest BCUT2D eigenvalue weighted by molar-refractivity contribution is -0.163. The van der Waals surface area contributed by atoms with Crippen molar-refractivity contribution in [3.8, 4) is 0 Å². The van der Waals surface area contributed by atoms with E-state index in [2.05, 4.69) is 0 Å². The van der Waals surface area contributed by atoms with E-state index in [4.69, 9.17) is 0 Å². The summed E-state index contributed by atoms with van der Waals surface area (Å²) < 4.78 is 0. The third kappa shape index (κ3) is 3.04. The Hall–Kier alpha value is -1.59. The van der Waals surface area contributed by atoms with Crippen molar-refractivity contribution in [2.75, 3.05) is 19.6 Å². The second-order valence-electron chi connectivity index (χ2n) is 6.31. The number of aliphatic carboxylic acids is 1. The Bertz CT molecular complexity index is 443. The highest BCUT2D eigenvalue weighted by atomic mass is 16.4. The minimum atomic E-state index is -1.08. The van der Waals surface area contributed by atoms with Crippen LogP contribution in [-0.4, -0.2) is 57.9 Å². The quantitative estimate of drug-likeness (QED) is 0.827. The number of hydrogen-bond donors (Lipinski definition) is 1. The zero-order valence-electron chi connectivity index (χ0n) is 12.8. The molecule has 0 aliphatic carbocycles. The van der Waals surface area contributed by atoms with E-state index in [9.17, 15) is 19.5 Å². The van der Waals surface area contributed by atoms with Crippen LogP contribution in [-0.2, 0) is 14.4 Å². The molecule has 118 valence electrons. The van der Waals surface area contributed by atoms with Crippen molar-refractivity contribution in [2.24, 2.45) is 5.92 Å². The number of carbonyl (C=O) groups is 3. The molecule has 0 aromatic rings. The van der Waals surface area contributed by atoms with Gasteiger partial charge in [-0.25, -0.2) is 4.79 Å². The van der Waals surface area contributed by atoms with Gasteiger partial charge in [-0.2, -0.15) is 0 Å². The summed E-state index contributed by atoms with van der Waals surface area (Å²) in [6.45, 7) is 4.88. The van der Waals surface area contributed by atoms with Crippen LogP contribution >= 0.6 is 0 Å². The molecule has 2 aliphatic heterocycles. The van der Waals surface area contributed by atoms with Gasteiger partial charge < -0.3 is 14.9 Å². The van der Waals surface area contributed by atoms with Gasteiger partial charge in [0.1, 0.15) is 5.54 Å². The topological polar surface area (TPSA) is 77.9 Å². The second kappa shape index (κ2) is 6.03. The molecule has 0 saturated carbocycles. The zero-order chi connectivity index (χ0) is 15.6. The highest BCUT2D eigenvalue weighted by molar-refractivity contribution is 5.88. The molecule has 2 amide bonds. The summed E-state index contributed by atoms with van der Waals surface area (Å²) in [6.07, 6.45) is 3.48. The van der Waals surface area contributed by atoms with Gasteiger partial charge >= 0.3 is 5.97 Å². The van der Waals surface area contributed by atoms with E-state index < -0.39 is 11.5 Å². The number of likely N-dealkylation sites (tertiary alicyclic amines) is 2. The molecule has 1 N–H and O–H groups in total. The molecule has 0 aromatic carbocycles. The van der Waals surface area contributed by atoms with Gasteiger partial charge in [0.2, 0.25) is 11.8 Å². The van der Waals surface area contributed by atoms with Crippen molar-refractivity contribution in [3.63, 3.8) is 0 Å². The van der Waals surface area contributed by atoms with Crippen LogP contribution in [0.4, 0.5) is 0 Å². The smallest absolute Gasteiger partial charge is 0.329 e. The Balaban J connectivity index is 2.05. The fourth-order valence-corrected chi connectivity index (χ4v) is 3.36. The first-order chi connectivity index (χ1) is 9.86. The zero-order valence-corrected chi connectivity index (χ0v) is 12.8. The Morgan fingerprint density at radius 2 is 1.71 bits per heavy atom. The van der Waals surface area contributed by atoms with Gasteiger partial charge in [-0.3, -0.25) is 9.59 Å². The molecule has 21 heavy (non-hydrogen) atoms. The molecule has 2 aliphatic rings. The molecule has 2 rings (SSSR count). The first-order valence-electron chi connectivity index (χ1n) is 7.66. The predicted molar refractivity (Wildman–Crippen MR) is 76.6 cm³/mol. The van der Waals surface area contributed by atoms with E-state index >= 15 is 0 Å². The standard InChI is InChI=1S/C15H24N2O4/c1-11(18)16-9-5-12(6-10-16)13(19)17-8-4-3-7-15(17,2)14(20)21/h12H,3-10H2,1-2H3,(H,20,21). The number of carbonyl (C=O) groups excluding carboxylic acids is 2. The number of piperidine rings is 2. The van der Waals surface area contributed by atoms with Crippen molar-refractivity contribution >= 4 is 17.8 Å². The van der Waals surface area contributed by atoms with Crippen molar-refractivity contribution in [1.29, 1.82) is 0 Å². The maximum Gasteiger partial charge on any atom is 0.329 e. The summed E-state index contributed by atoms with van der Waals surface area (Å²) in [4.78, 5) is 38.9. The van der Waals surface area contributed by atoms with Crippen LogP contribution in [0.2, 0.25) is 0 Å². The van der Waals surface area contributed by atoms with E-state index in [-0.39, 0.29) is 17.7 Å². The average molecular weight is 296 g/mol. The average Bonchev–Trinajstić information content (AvgIpc) is 2.47. The molecular weight excluding hydrogens is 272 g/mol. The minimum absolute atomic E-state index is 0.0363. The van der Waals surface area contributed by atoms with Crippen LogP contribution < -0.4 is 0 Å². The summed E-state index contributed by atoms with van der Waals surface area (Å²) in [7, 11) is 0. The first kappa shape index (κ1) is 15.8. The number of amides is 2. The third-order valence-corrected chi connectivity index (χ3v) is 4.91. The van der Waals surface area contributed by atoms with Crippen LogP contribution in [0.25, 0.3) is 0 Å². The first-order valence-corrected chi connectivity index (χ1v) is 7.66. The molecule has 2 fully saturated rings. The van der Waals surface area contributed by atoms with E-state index in [1.165, 1.54) is 6.92 Å². The molecule has 6 heteroatoms. The lowest BCUT2D eigenvalue weighted by Gasteiger charge is -2.44. The number of carboxylic acids is 1. The van der Waals surface area contributed by atoms with E-state index in [1.54, 1.807) is 16.7 Å². The van der Waals surface area contributed by atoms with Gasteiger partial charge in [0.15, 0.2) is 0 Å². The SMILES string of the molecule is CC(=O)N1CCC(C(=O)N2CCCCC2(C)C(=O)O)CC1. The number of hydrogen-bond acceptors (Lipinski definition) is 3. The number of nitrogens with zero attached hydrogens (tertiary/aromatic N) is 2. The molecule has 0 bridgehead atoms. The van der Waals surface area contributed by atoms with Crippen LogP contribution in [0.3, 0.4) is 0 Å². The summed E-state index contributed by atoms with van der Waals surface area (Å²) in [5.74, 6) is -1.09. The Morgan fingerprint density at radius 1 is 1.10 bits per heavy atom. The molecule has 0 spiro atoms. The normalized spacial score (nSPS) is 27.5. The van der Waals surface area contributed by atoms with Gasteiger partial charge in [-0.15, -0.1) is 0 Å². The molecule has 6 nitrogen and oxygen atoms in total. The van der Waals surface area contributed by atoms with Crippen LogP contribution in [0.1, 0.15) is 46.0 Å². The van der Waals surface area contributed by atoms with Crippen LogP contribution in [0, 0.1) is 5.92 Å². The predicted octanol–water partition coefficient (Wildman–Crippen LogP) is 1.10. The largest absolute Gasteiger partial charge is 0.480 e. The van der Waals surface area contributed by atoms with Gasteiger partial charge in [0.05, 0.1) is 0 Å². The van der Waals surface area contributed by atoms with E-state index in [0.29, 0.717) is 38.9 Å². The highest BCUT2D eigenvalue weighted by Gasteiger charge is 2.45. The van der Waals surface area contributed by atoms with Gasteiger partial charge in [-0.1, -0.05) is 0 Å². The maximum atomic E-state index is 12.7. The third-order valence-electron chi connectivity index (χ3n) is 4.91. The summed E-state index contributed by atoms with van der Waals surface area (Å²) in [6, 6.07) is 0. The molecule has 2 saturated heterocycles. The second-order valence-corrected chi connectivity index (χ2v) is 6.31. The van der Waals surface area contributed by atoms with Gasteiger partial charge in [0, 0.05) is 32.5 Å². The van der Waals surface area contributed by atoms with Gasteiger partial charge in [-0.05, 0) is 39.0 Å². The van der Waals surface area contributed by atoms with E-state index in [1.807, 2.05) is 0 Å². The molecule has 0 radical (unpaired) electrons. The Morgan fingerprint density at radius 3 is 2.24 bits per heavy atom. The Kier molecular flexibility index (Phi) is 4.54. The summed E-state index contributed by atoms with van der Waals surface area (Å²) in [5.41, 5.74) is -1.08. The van der Waals surface area contributed by atoms with E-state index in [0.717, 1.165) is 12.8 Å². The summed E-state index contributed by atoms with van der Waals surface area (Å²) in [5, 5.41) is 9.48. The van der Waals surface area contributed by atoms with Gasteiger partial charge in [0.25, 0.3) is 0 Å². The maximum absolute atomic E-state index is 12.7. The molecule has 1 unspecified atom stereocenters. The van der Waals surface area contributed by atoms with Crippen molar-refractivity contribution in [3.05, 3.63) is 0 Å². The van der Waals surface area contributed by atoms with Crippen LogP contribution in [0.5, 0.6) is 0 Å². The monoisotopic (exact) mass is 296 g/mol. The molecule has 1 atom stereocenters.